The van der Waals surface area contributed by atoms with Gasteiger partial charge >= 0.3 is 11.9 Å². The number of aromatic nitrogens is 2. The molecule has 1 aliphatic carbocycles. The first kappa shape index (κ1) is 26.3. The molecule has 2 aromatic rings. The van der Waals surface area contributed by atoms with Crippen LogP contribution in [0.15, 0.2) is 24.3 Å². The van der Waals surface area contributed by atoms with Crippen LogP contribution in [0.2, 0.25) is 0 Å². The van der Waals surface area contributed by atoms with E-state index in [1.807, 2.05) is 11.5 Å². The zero-order valence-electron chi connectivity index (χ0n) is 21.2. The van der Waals surface area contributed by atoms with Gasteiger partial charge in [0, 0.05) is 24.4 Å². The lowest BCUT2D eigenvalue weighted by molar-refractivity contribution is -0.300. The van der Waals surface area contributed by atoms with Crippen molar-refractivity contribution >= 4 is 11.9 Å². The van der Waals surface area contributed by atoms with E-state index in [1.165, 1.54) is 12.1 Å². The van der Waals surface area contributed by atoms with Crippen LogP contribution in [0.5, 0.6) is 0 Å². The predicted octanol–water partition coefficient (Wildman–Crippen LogP) is 5.30. The van der Waals surface area contributed by atoms with Crippen LogP contribution < -0.4 is 0 Å². The smallest absolute Gasteiger partial charge is 0.358 e. The summed E-state index contributed by atoms with van der Waals surface area (Å²) in [6, 6.07) is 6.08. The molecule has 1 aliphatic heterocycles. The molecule has 1 aromatic heterocycles. The minimum atomic E-state index is -0.910. The summed E-state index contributed by atoms with van der Waals surface area (Å²) < 4.78 is 33.1. The van der Waals surface area contributed by atoms with Crippen LogP contribution in [0.3, 0.4) is 0 Å². The molecule has 0 radical (unpaired) electrons. The zero-order chi connectivity index (χ0) is 25.9. The number of benzene rings is 1. The molecular weight excluding hydrogens is 467 g/mol. The van der Waals surface area contributed by atoms with Gasteiger partial charge in [-0.1, -0.05) is 13.3 Å². The molecule has 2 aliphatic rings. The standard InChI is InChI=1S/C27H35FN2O6/c1-4-5-14-34-26(33)23-24(17-6-7-17)30(25(29-23)18-8-10-19(28)11-9-18)13-12-20-15-21(16-22(31)32)36-27(2,3)35-20/h8-11,17,20-21H,4-7,12-16H2,1-3H3,(H,31,32). The van der Waals surface area contributed by atoms with E-state index in [9.17, 15) is 19.1 Å². The van der Waals surface area contributed by atoms with Crippen molar-refractivity contribution in [3.8, 4) is 11.4 Å². The van der Waals surface area contributed by atoms with Gasteiger partial charge in [0.25, 0.3) is 0 Å². The number of hydrogen-bond donors (Lipinski definition) is 1. The Balaban J connectivity index is 1.63. The molecule has 1 saturated carbocycles. The van der Waals surface area contributed by atoms with Crippen LogP contribution in [0.4, 0.5) is 4.39 Å². The van der Waals surface area contributed by atoms with Gasteiger partial charge in [0.2, 0.25) is 0 Å². The van der Waals surface area contributed by atoms with Crippen LogP contribution >= 0.6 is 0 Å². The Bertz CT molecular complexity index is 1080. The Morgan fingerprint density at radius 1 is 1.19 bits per heavy atom. The molecule has 4 rings (SSSR count). The number of carbonyl (C=O) groups is 2. The molecule has 0 bridgehead atoms. The molecule has 2 heterocycles. The lowest BCUT2D eigenvalue weighted by Gasteiger charge is -2.40. The molecule has 1 saturated heterocycles. The molecule has 0 amide bonds. The predicted molar refractivity (Wildman–Crippen MR) is 130 cm³/mol. The van der Waals surface area contributed by atoms with Crippen LogP contribution in [-0.4, -0.2) is 51.2 Å². The van der Waals surface area contributed by atoms with Crippen LogP contribution in [0.25, 0.3) is 11.4 Å². The van der Waals surface area contributed by atoms with Crippen LogP contribution in [0.1, 0.15) is 87.8 Å². The number of unbranched alkanes of at least 4 members (excludes halogenated alkanes) is 1. The summed E-state index contributed by atoms with van der Waals surface area (Å²) in [6.07, 6.45) is 3.91. The number of carboxylic acid groups (broad SMARTS) is 1. The number of carboxylic acids is 1. The van der Waals surface area contributed by atoms with E-state index < -0.39 is 23.8 Å². The first-order valence-corrected chi connectivity index (χ1v) is 12.8. The van der Waals surface area contributed by atoms with Gasteiger partial charge in [-0.25, -0.2) is 14.2 Å². The minimum absolute atomic E-state index is 0.0870. The number of aliphatic carboxylic acids is 1. The van der Waals surface area contributed by atoms with Gasteiger partial charge in [0.1, 0.15) is 11.6 Å². The minimum Gasteiger partial charge on any atom is -0.481 e. The SMILES string of the molecule is CCCCOC(=O)c1nc(-c2ccc(F)cc2)n(CCC2CC(CC(=O)O)OC(C)(C)O2)c1C1CC1. The monoisotopic (exact) mass is 502 g/mol. The molecule has 36 heavy (non-hydrogen) atoms. The summed E-state index contributed by atoms with van der Waals surface area (Å²) in [6.45, 7) is 6.46. The van der Waals surface area contributed by atoms with E-state index in [0.717, 1.165) is 31.4 Å². The van der Waals surface area contributed by atoms with Gasteiger partial charge in [-0.2, -0.15) is 0 Å². The Hall–Kier alpha value is -2.78. The fourth-order valence-corrected chi connectivity index (χ4v) is 4.80. The molecule has 0 spiro atoms. The Morgan fingerprint density at radius 3 is 2.53 bits per heavy atom. The molecule has 1 aromatic carbocycles. The van der Waals surface area contributed by atoms with E-state index in [1.54, 1.807) is 26.0 Å². The fraction of sp³-hybridized carbons (Fsp3) is 0.593. The van der Waals surface area contributed by atoms with E-state index in [-0.39, 0.29) is 24.3 Å². The summed E-state index contributed by atoms with van der Waals surface area (Å²) >= 11 is 0. The number of rotatable bonds is 11. The first-order chi connectivity index (χ1) is 17.2. The van der Waals surface area contributed by atoms with Crippen LogP contribution in [-0.2, 0) is 25.5 Å². The highest BCUT2D eigenvalue weighted by Gasteiger charge is 2.38. The first-order valence-electron chi connectivity index (χ1n) is 12.8. The van der Waals surface area contributed by atoms with Gasteiger partial charge in [0.15, 0.2) is 11.5 Å². The van der Waals surface area contributed by atoms with E-state index in [2.05, 4.69) is 0 Å². The second-order valence-corrected chi connectivity index (χ2v) is 10.1. The second kappa shape index (κ2) is 11.1. The summed E-state index contributed by atoms with van der Waals surface area (Å²) in [4.78, 5) is 29.0. The number of esters is 1. The molecule has 196 valence electrons. The lowest BCUT2D eigenvalue weighted by atomic mass is 10.0. The number of imidazole rings is 1. The maximum absolute atomic E-state index is 13.6. The van der Waals surface area contributed by atoms with Crippen molar-refractivity contribution in [3.05, 3.63) is 41.5 Å². The average molecular weight is 503 g/mol. The van der Waals surface area contributed by atoms with Gasteiger partial charge in [-0.05, 0) is 63.8 Å². The third-order valence-electron chi connectivity index (χ3n) is 6.50. The van der Waals surface area contributed by atoms with Crippen molar-refractivity contribution in [1.82, 2.24) is 9.55 Å². The largest absolute Gasteiger partial charge is 0.481 e. The molecule has 9 heteroatoms. The number of nitrogens with zero attached hydrogens (tertiary/aromatic N) is 2. The Morgan fingerprint density at radius 2 is 1.89 bits per heavy atom. The Kier molecular flexibility index (Phi) is 8.10. The number of ether oxygens (including phenoxy) is 3. The second-order valence-electron chi connectivity index (χ2n) is 10.1. The molecule has 1 N–H and O–H groups in total. The van der Waals surface area contributed by atoms with Gasteiger partial charge in [-0.3, -0.25) is 4.79 Å². The maximum atomic E-state index is 13.6. The topological polar surface area (TPSA) is 99.9 Å². The van der Waals surface area contributed by atoms with E-state index in [0.29, 0.717) is 43.1 Å². The molecule has 2 atom stereocenters. The summed E-state index contributed by atoms with van der Waals surface area (Å²) in [5.41, 5.74) is 1.89. The summed E-state index contributed by atoms with van der Waals surface area (Å²) in [7, 11) is 0. The maximum Gasteiger partial charge on any atom is 0.358 e. The van der Waals surface area contributed by atoms with Crippen molar-refractivity contribution in [2.75, 3.05) is 6.61 Å². The van der Waals surface area contributed by atoms with Gasteiger partial charge in [-0.15, -0.1) is 0 Å². The van der Waals surface area contributed by atoms with Crippen molar-refractivity contribution < 1.29 is 33.3 Å². The zero-order valence-corrected chi connectivity index (χ0v) is 21.2. The number of halogens is 1. The summed E-state index contributed by atoms with van der Waals surface area (Å²) in [5.74, 6) is -1.78. The third-order valence-corrected chi connectivity index (χ3v) is 6.50. The highest BCUT2D eigenvalue weighted by atomic mass is 19.1. The van der Waals surface area contributed by atoms with Gasteiger partial charge in [0.05, 0.1) is 30.9 Å². The van der Waals surface area contributed by atoms with Crippen molar-refractivity contribution in [2.24, 2.45) is 0 Å². The molecule has 8 nitrogen and oxygen atoms in total. The fourth-order valence-electron chi connectivity index (χ4n) is 4.80. The Labute approximate surface area is 210 Å². The van der Waals surface area contributed by atoms with E-state index >= 15 is 0 Å². The quantitative estimate of drug-likeness (QED) is 0.329. The lowest BCUT2D eigenvalue weighted by Crippen LogP contribution is -2.45. The number of carbonyl (C=O) groups excluding carboxylic acids is 1. The summed E-state index contributed by atoms with van der Waals surface area (Å²) in [5, 5.41) is 9.24. The molecular formula is C27H35FN2O6. The van der Waals surface area contributed by atoms with Crippen molar-refractivity contribution in [3.63, 3.8) is 0 Å². The molecule has 2 fully saturated rings. The van der Waals surface area contributed by atoms with Gasteiger partial charge < -0.3 is 23.9 Å². The highest BCUT2D eigenvalue weighted by Crippen LogP contribution is 2.44. The third kappa shape index (κ3) is 6.50. The normalized spacial score (nSPS) is 21.3. The van der Waals surface area contributed by atoms with Crippen LogP contribution in [0, 0.1) is 5.82 Å². The van der Waals surface area contributed by atoms with Crippen molar-refractivity contribution in [1.29, 1.82) is 0 Å². The van der Waals surface area contributed by atoms with Crippen molar-refractivity contribution in [2.45, 2.75) is 96.2 Å². The average Bonchev–Trinajstić information content (AvgIpc) is 3.57. The molecule has 2 unspecified atom stereocenters. The number of hydrogen-bond acceptors (Lipinski definition) is 6. The van der Waals surface area contributed by atoms with E-state index in [4.69, 9.17) is 19.2 Å². The highest BCUT2D eigenvalue weighted by molar-refractivity contribution is 5.90.